The maximum atomic E-state index is 15.3. The molecule has 4 aliphatic rings. The highest BCUT2D eigenvalue weighted by Gasteiger charge is 2.80. The van der Waals surface area contributed by atoms with Gasteiger partial charge in [-0.05, 0) is 73.1 Å². The van der Waals surface area contributed by atoms with Crippen LogP contribution in [-0.4, -0.2) is 36.9 Å². The molecule has 3 nitrogen and oxygen atoms in total. The monoisotopic (exact) mass is 508 g/mol. The van der Waals surface area contributed by atoms with Gasteiger partial charge in [0.25, 0.3) is 0 Å². The van der Waals surface area contributed by atoms with Crippen molar-refractivity contribution in [1.82, 2.24) is 0 Å². The van der Waals surface area contributed by atoms with Gasteiger partial charge in [-0.25, -0.2) is 0 Å². The molecule has 4 aliphatic carbocycles. The van der Waals surface area contributed by atoms with Crippen molar-refractivity contribution in [2.45, 2.75) is 75.5 Å². The normalized spacial score (nSPS) is 34.6. The van der Waals surface area contributed by atoms with Crippen LogP contribution >= 0.6 is 0 Å². The Morgan fingerprint density at radius 2 is 1.72 bits per heavy atom. The number of rotatable bonds is 4. The van der Waals surface area contributed by atoms with Crippen LogP contribution in [0.4, 0.5) is 22.0 Å². The Bertz CT molecular complexity index is 1150. The third-order valence-electron chi connectivity index (χ3n) is 9.54. The lowest BCUT2D eigenvalue weighted by molar-refractivity contribution is -0.367. The van der Waals surface area contributed by atoms with Crippen molar-refractivity contribution in [3.63, 3.8) is 0 Å². The summed E-state index contributed by atoms with van der Waals surface area (Å²) in [5.74, 6) is -5.96. The van der Waals surface area contributed by atoms with Gasteiger partial charge in [-0.15, -0.1) is 0 Å². The van der Waals surface area contributed by atoms with Gasteiger partial charge in [0.2, 0.25) is 0 Å². The standard InChI is InChI=1S/C28H29F5O3/c1-25-14-22(17-5-3-16(15-34)4-6-17)24-20-10-8-19(35)13-18(20)7-9-21(24)23(25)11-12-26(25,36-2)27(29,30)28(31,32)33/h3-6,13,15,21-23H,7-12,14H2,1-2H3/t21-,22+,23-,25-,26-/m0/s1. The van der Waals surface area contributed by atoms with Crippen molar-refractivity contribution in [1.29, 1.82) is 0 Å². The first-order chi connectivity index (χ1) is 16.9. The van der Waals surface area contributed by atoms with Gasteiger partial charge in [0.15, 0.2) is 5.78 Å². The van der Waals surface area contributed by atoms with Crippen molar-refractivity contribution in [2.75, 3.05) is 7.11 Å². The molecule has 0 saturated heterocycles. The second-order valence-corrected chi connectivity index (χ2v) is 10.9. The highest BCUT2D eigenvalue weighted by atomic mass is 19.4. The Morgan fingerprint density at radius 3 is 2.33 bits per heavy atom. The molecule has 1 aromatic rings. The van der Waals surface area contributed by atoms with Crippen molar-refractivity contribution in [3.05, 3.63) is 58.2 Å². The summed E-state index contributed by atoms with van der Waals surface area (Å²) in [6, 6.07) is 6.81. The fourth-order valence-electron chi connectivity index (χ4n) is 7.96. The second kappa shape index (κ2) is 8.33. The molecule has 5 atom stereocenters. The Kier molecular flexibility index (Phi) is 5.86. The van der Waals surface area contributed by atoms with E-state index in [-0.39, 0.29) is 31.0 Å². The molecule has 2 saturated carbocycles. The van der Waals surface area contributed by atoms with Gasteiger partial charge in [-0.2, -0.15) is 22.0 Å². The van der Waals surface area contributed by atoms with Gasteiger partial charge >= 0.3 is 12.1 Å². The summed E-state index contributed by atoms with van der Waals surface area (Å²) in [6.07, 6.45) is -1.35. The van der Waals surface area contributed by atoms with Crippen LogP contribution in [0, 0.1) is 17.3 Å². The molecule has 194 valence electrons. The maximum absolute atomic E-state index is 15.3. The van der Waals surface area contributed by atoms with Crippen molar-refractivity contribution in [2.24, 2.45) is 17.3 Å². The predicted octanol–water partition coefficient (Wildman–Crippen LogP) is 6.98. The van der Waals surface area contributed by atoms with Crippen LogP contribution in [0.5, 0.6) is 0 Å². The molecule has 2 fully saturated rings. The Morgan fingerprint density at radius 1 is 1.03 bits per heavy atom. The first-order valence-electron chi connectivity index (χ1n) is 12.4. The van der Waals surface area contributed by atoms with E-state index in [9.17, 15) is 22.8 Å². The molecule has 0 aliphatic heterocycles. The van der Waals surface area contributed by atoms with Gasteiger partial charge in [-0.3, -0.25) is 9.59 Å². The van der Waals surface area contributed by atoms with Crippen LogP contribution in [0.15, 0.2) is 47.1 Å². The Balaban J connectivity index is 1.71. The second-order valence-electron chi connectivity index (χ2n) is 10.9. The average molecular weight is 509 g/mol. The molecule has 0 heterocycles. The molecular weight excluding hydrogens is 479 g/mol. The van der Waals surface area contributed by atoms with E-state index in [0.29, 0.717) is 37.5 Å². The molecule has 1 aromatic carbocycles. The van der Waals surface area contributed by atoms with E-state index in [2.05, 4.69) is 0 Å². The lowest BCUT2D eigenvalue weighted by Crippen LogP contribution is -2.66. The number of alkyl halides is 5. The summed E-state index contributed by atoms with van der Waals surface area (Å²) in [6.45, 7) is 1.55. The van der Waals surface area contributed by atoms with E-state index in [1.807, 2.05) is 0 Å². The van der Waals surface area contributed by atoms with Gasteiger partial charge in [0, 0.05) is 30.4 Å². The van der Waals surface area contributed by atoms with Crippen molar-refractivity contribution < 1.29 is 36.3 Å². The molecule has 0 N–H and O–H groups in total. The summed E-state index contributed by atoms with van der Waals surface area (Å²) in [4.78, 5) is 23.3. The Hall–Kier alpha value is -2.35. The van der Waals surface area contributed by atoms with Crippen molar-refractivity contribution in [3.8, 4) is 0 Å². The first kappa shape index (κ1) is 25.3. The predicted molar refractivity (Wildman–Crippen MR) is 123 cm³/mol. The SMILES string of the molecule is CO[C@@]1(C(F)(F)C(F)(F)F)CC[C@H]2[C@@H]3CCC4=CC(=O)CCC4=C3[C@@H](c3ccc(C=O)cc3)C[C@@]21C. The number of hydrogen-bond acceptors (Lipinski definition) is 3. The summed E-state index contributed by atoms with van der Waals surface area (Å²) < 4.78 is 77.4. The number of allylic oxidation sites excluding steroid dienone is 4. The van der Waals surface area contributed by atoms with Crippen molar-refractivity contribution >= 4 is 12.1 Å². The minimum Gasteiger partial charge on any atom is -0.371 e. The van der Waals surface area contributed by atoms with Crippen LogP contribution in [0.3, 0.4) is 0 Å². The molecule has 36 heavy (non-hydrogen) atoms. The zero-order chi connectivity index (χ0) is 26.1. The Labute approximate surface area is 206 Å². The zero-order valence-electron chi connectivity index (χ0n) is 20.3. The number of benzene rings is 1. The van der Waals surface area contributed by atoms with Gasteiger partial charge in [0.1, 0.15) is 11.9 Å². The number of carbonyl (C=O) groups excluding carboxylic acids is 2. The summed E-state index contributed by atoms with van der Waals surface area (Å²) in [5, 5.41) is 0. The van der Waals surface area contributed by atoms with E-state index < -0.39 is 35.0 Å². The fraction of sp³-hybridized carbons (Fsp3) is 0.571. The molecule has 8 heteroatoms. The first-order valence-corrected chi connectivity index (χ1v) is 12.4. The van der Waals surface area contributed by atoms with Gasteiger partial charge in [-0.1, -0.05) is 36.8 Å². The van der Waals surface area contributed by atoms with E-state index in [0.717, 1.165) is 29.4 Å². The molecule has 0 amide bonds. The molecule has 0 aromatic heterocycles. The number of aldehydes is 1. The van der Waals surface area contributed by atoms with E-state index >= 15 is 8.78 Å². The number of ether oxygens (including phenoxy) is 1. The summed E-state index contributed by atoms with van der Waals surface area (Å²) in [7, 11) is 0.976. The van der Waals surface area contributed by atoms with Crippen LogP contribution < -0.4 is 0 Å². The molecule has 0 bridgehead atoms. The van der Waals surface area contributed by atoms with Crippen LogP contribution in [0.1, 0.15) is 73.7 Å². The lowest BCUT2D eigenvalue weighted by Gasteiger charge is -2.57. The largest absolute Gasteiger partial charge is 0.456 e. The zero-order valence-corrected chi connectivity index (χ0v) is 20.3. The number of ketones is 1. The number of halogens is 5. The minimum atomic E-state index is -5.74. The molecule has 5 rings (SSSR count). The number of fused-ring (bicyclic) bond motifs is 4. The number of hydrogen-bond donors (Lipinski definition) is 0. The van der Waals surface area contributed by atoms with Crippen LogP contribution in [0.2, 0.25) is 0 Å². The number of carbonyl (C=O) groups is 2. The molecule has 0 spiro atoms. The fourth-order valence-corrected chi connectivity index (χ4v) is 7.96. The molecular formula is C28H29F5O3. The topological polar surface area (TPSA) is 43.4 Å². The highest BCUT2D eigenvalue weighted by molar-refractivity contribution is 5.93. The maximum Gasteiger partial charge on any atom is 0.456 e. The van der Waals surface area contributed by atoms with Crippen LogP contribution in [0.25, 0.3) is 0 Å². The third-order valence-corrected chi connectivity index (χ3v) is 9.54. The quantitative estimate of drug-likeness (QED) is 0.326. The summed E-state index contributed by atoms with van der Waals surface area (Å²) >= 11 is 0. The van der Waals surface area contributed by atoms with E-state index in [1.165, 1.54) is 0 Å². The smallest absolute Gasteiger partial charge is 0.371 e. The highest BCUT2D eigenvalue weighted by Crippen LogP contribution is 2.71. The molecule has 0 radical (unpaired) electrons. The van der Waals surface area contributed by atoms with E-state index in [4.69, 9.17) is 4.74 Å². The van der Waals surface area contributed by atoms with Crippen LogP contribution in [-0.2, 0) is 9.53 Å². The number of methoxy groups -OCH3 is 1. The van der Waals surface area contributed by atoms with Gasteiger partial charge in [0.05, 0.1) is 0 Å². The average Bonchev–Trinajstić information content (AvgIpc) is 3.15. The van der Waals surface area contributed by atoms with E-state index in [1.54, 1.807) is 37.3 Å². The molecule has 0 unspecified atom stereocenters. The van der Waals surface area contributed by atoms with Gasteiger partial charge < -0.3 is 4.74 Å². The lowest BCUT2D eigenvalue weighted by atomic mass is 9.50. The third kappa shape index (κ3) is 3.32. The minimum absolute atomic E-state index is 0.0596. The summed E-state index contributed by atoms with van der Waals surface area (Å²) in [5.41, 5.74) is 0.202.